The van der Waals surface area contributed by atoms with Crippen LogP contribution in [-0.2, 0) is 26.2 Å². The van der Waals surface area contributed by atoms with Gasteiger partial charge in [-0.2, -0.15) is 17.4 Å². The second-order valence-corrected chi connectivity index (χ2v) is 12.5. The van der Waals surface area contributed by atoms with Gasteiger partial charge in [-0.3, -0.25) is 4.79 Å². The van der Waals surface area contributed by atoms with Crippen molar-refractivity contribution in [1.82, 2.24) is 13.9 Å². The van der Waals surface area contributed by atoms with Gasteiger partial charge >= 0.3 is 0 Å². The van der Waals surface area contributed by atoms with E-state index in [0.717, 1.165) is 51.4 Å². The number of benzene rings is 1. The van der Waals surface area contributed by atoms with Gasteiger partial charge in [0.2, 0.25) is 5.91 Å². The number of hydrogen-bond acceptors (Lipinski definition) is 4. The summed E-state index contributed by atoms with van der Waals surface area (Å²) in [5.41, 5.74) is 2.85. The molecule has 1 amide bonds. The minimum atomic E-state index is -3.59. The standard InChI is InChI=1S/C26H41N3O4S/c1-19-16-24(27-34(31,32)28(2)3)25-18-33-23-14-12-21(13-15-23)22-10-7-9-20(17-22)8-5-4-6-11-26(30)29(19)25/h7,9-10,17,19,21,23-25,27H,4-6,8,11-16,18H2,1-3H3/t19?,21?,23?,24-,25-/m0/s1. The molecule has 1 aromatic carbocycles. The minimum Gasteiger partial charge on any atom is -0.376 e. The molecule has 1 saturated carbocycles. The Balaban J connectivity index is 1.52. The molecule has 1 N–H and O–H groups in total. The topological polar surface area (TPSA) is 79.0 Å². The fraction of sp³-hybridized carbons (Fsp3) is 0.731. The molecule has 34 heavy (non-hydrogen) atoms. The summed E-state index contributed by atoms with van der Waals surface area (Å²) < 4.78 is 35.6. The molecule has 0 radical (unpaired) electrons. The van der Waals surface area contributed by atoms with Crippen LogP contribution in [0.1, 0.15) is 81.8 Å². The quantitative estimate of drug-likeness (QED) is 0.701. The zero-order valence-electron chi connectivity index (χ0n) is 20.9. The van der Waals surface area contributed by atoms with Crippen LogP contribution in [0.25, 0.3) is 0 Å². The monoisotopic (exact) mass is 491 g/mol. The van der Waals surface area contributed by atoms with Crippen LogP contribution in [0, 0.1) is 0 Å². The van der Waals surface area contributed by atoms with Crippen molar-refractivity contribution in [3.05, 3.63) is 35.4 Å². The number of carbonyl (C=O) groups excluding carboxylic acids is 1. The van der Waals surface area contributed by atoms with Crippen molar-refractivity contribution in [3.63, 3.8) is 0 Å². The zero-order chi connectivity index (χ0) is 24.3. The number of ether oxygens (including phenoxy) is 1. The number of nitrogens with one attached hydrogen (secondary N) is 1. The molecule has 0 aromatic heterocycles. The molecule has 3 aliphatic heterocycles. The summed E-state index contributed by atoms with van der Waals surface area (Å²) in [6.45, 7) is 2.40. The maximum absolute atomic E-state index is 13.3. The Morgan fingerprint density at radius 2 is 1.79 bits per heavy atom. The SMILES string of the molecule is CC1C[C@H](NS(=O)(=O)N(C)C)[C@@H]2COC3CCC(CC3)c3cccc(c3)CCCCCC(=O)N12. The van der Waals surface area contributed by atoms with Crippen LogP contribution < -0.4 is 4.72 Å². The Kier molecular flexibility index (Phi) is 8.33. The lowest BCUT2D eigenvalue weighted by Crippen LogP contribution is -2.52. The molecule has 3 atom stereocenters. The zero-order valence-corrected chi connectivity index (χ0v) is 21.7. The molecule has 0 spiro atoms. The van der Waals surface area contributed by atoms with E-state index < -0.39 is 10.2 Å². The second-order valence-electron chi connectivity index (χ2n) is 10.6. The number of fused-ring (bicyclic) bond motifs is 8. The van der Waals surface area contributed by atoms with Gasteiger partial charge in [0, 0.05) is 32.6 Å². The van der Waals surface area contributed by atoms with Crippen molar-refractivity contribution >= 4 is 16.1 Å². The van der Waals surface area contributed by atoms with Gasteiger partial charge in [-0.05, 0) is 75.3 Å². The molecule has 2 fully saturated rings. The van der Waals surface area contributed by atoms with Crippen LogP contribution in [0.5, 0.6) is 0 Å². The predicted octanol–water partition coefficient (Wildman–Crippen LogP) is 3.60. The van der Waals surface area contributed by atoms with Gasteiger partial charge in [-0.25, -0.2) is 0 Å². The summed E-state index contributed by atoms with van der Waals surface area (Å²) in [4.78, 5) is 15.2. The molecule has 8 heteroatoms. The van der Waals surface area contributed by atoms with E-state index in [4.69, 9.17) is 4.74 Å². The maximum atomic E-state index is 13.3. The second kappa shape index (κ2) is 11.1. The Labute approximate surface area is 205 Å². The van der Waals surface area contributed by atoms with Gasteiger partial charge in [0.15, 0.2) is 0 Å². The third-order valence-electron chi connectivity index (χ3n) is 7.92. The first-order valence-corrected chi connectivity index (χ1v) is 14.4. The summed E-state index contributed by atoms with van der Waals surface area (Å²) >= 11 is 0. The Hall–Kier alpha value is -1.48. The van der Waals surface area contributed by atoms with Crippen molar-refractivity contribution in [2.24, 2.45) is 0 Å². The molecule has 7 nitrogen and oxygen atoms in total. The maximum Gasteiger partial charge on any atom is 0.279 e. The summed E-state index contributed by atoms with van der Waals surface area (Å²) in [7, 11) is -0.548. The molecule has 1 aliphatic carbocycles. The molecule has 190 valence electrons. The first kappa shape index (κ1) is 25.6. The van der Waals surface area contributed by atoms with Gasteiger partial charge in [0.1, 0.15) is 0 Å². The Bertz CT molecular complexity index is 943. The Morgan fingerprint density at radius 1 is 1.06 bits per heavy atom. The smallest absolute Gasteiger partial charge is 0.279 e. The summed E-state index contributed by atoms with van der Waals surface area (Å²) in [5, 5.41) is 0. The van der Waals surface area contributed by atoms with E-state index in [0.29, 0.717) is 25.4 Å². The molecule has 1 unspecified atom stereocenters. The fourth-order valence-corrected chi connectivity index (χ4v) is 6.77. The van der Waals surface area contributed by atoms with Gasteiger partial charge in [-0.15, -0.1) is 0 Å². The lowest BCUT2D eigenvalue weighted by atomic mass is 9.82. The first-order valence-electron chi connectivity index (χ1n) is 13.0. The highest BCUT2D eigenvalue weighted by atomic mass is 32.2. The van der Waals surface area contributed by atoms with Gasteiger partial charge in [-0.1, -0.05) is 30.7 Å². The van der Waals surface area contributed by atoms with Crippen molar-refractivity contribution in [2.75, 3.05) is 20.7 Å². The van der Waals surface area contributed by atoms with E-state index in [2.05, 4.69) is 29.0 Å². The average Bonchev–Trinajstić information content (AvgIpc) is 3.11. The Morgan fingerprint density at radius 3 is 2.53 bits per heavy atom. The number of amides is 1. The van der Waals surface area contributed by atoms with Crippen molar-refractivity contribution < 1.29 is 17.9 Å². The van der Waals surface area contributed by atoms with E-state index in [1.54, 1.807) is 0 Å². The van der Waals surface area contributed by atoms with Crippen LogP contribution in [0.3, 0.4) is 0 Å². The largest absolute Gasteiger partial charge is 0.376 e. The van der Waals surface area contributed by atoms with Crippen LogP contribution in [0.15, 0.2) is 24.3 Å². The molecular weight excluding hydrogens is 450 g/mol. The lowest BCUT2D eigenvalue weighted by molar-refractivity contribution is -0.136. The van der Waals surface area contributed by atoms with E-state index >= 15 is 0 Å². The fourth-order valence-electron chi connectivity index (χ4n) is 5.92. The van der Waals surface area contributed by atoms with Crippen molar-refractivity contribution in [1.29, 1.82) is 0 Å². The molecular formula is C26H41N3O4S. The number of hydrogen-bond donors (Lipinski definition) is 1. The van der Waals surface area contributed by atoms with Crippen LogP contribution in [0.2, 0.25) is 0 Å². The first-order chi connectivity index (χ1) is 16.2. The van der Waals surface area contributed by atoms with Crippen molar-refractivity contribution in [3.8, 4) is 0 Å². The normalized spacial score (nSPS) is 31.5. The van der Waals surface area contributed by atoms with Gasteiger partial charge in [0.25, 0.3) is 10.2 Å². The molecule has 1 aromatic rings. The van der Waals surface area contributed by atoms with Gasteiger partial charge in [0.05, 0.1) is 18.8 Å². The van der Waals surface area contributed by atoms with Crippen LogP contribution in [0.4, 0.5) is 0 Å². The molecule has 4 bridgehead atoms. The third-order valence-corrected chi connectivity index (χ3v) is 9.48. The summed E-state index contributed by atoms with van der Waals surface area (Å²) in [6.07, 6.45) is 9.48. The van der Waals surface area contributed by atoms with E-state index in [9.17, 15) is 13.2 Å². The number of rotatable bonds is 3. The number of carbonyl (C=O) groups is 1. The van der Waals surface area contributed by atoms with Crippen LogP contribution in [-0.4, -0.2) is 68.5 Å². The number of nitrogens with zero attached hydrogens (tertiary/aromatic N) is 2. The average molecular weight is 492 g/mol. The minimum absolute atomic E-state index is 0.0183. The predicted molar refractivity (Wildman–Crippen MR) is 134 cm³/mol. The van der Waals surface area contributed by atoms with E-state index in [-0.39, 0.29) is 30.1 Å². The number of aryl methyl sites for hydroxylation is 1. The van der Waals surface area contributed by atoms with E-state index in [1.807, 2.05) is 11.8 Å². The highest BCUT2D eigenvalue weighted by Gasteiger charge is 2.44. The highest BCUT2D eigenvalue weighted by Crippen LogP contribution is 2.35. The molecule has 1 saturated heterocycles. The van der Waals surface area contributed by atoms with Crippen LogP contribution >= 0.6 is 0 Å². The summed E-state index contributed by atoms with van der Waals surface area (Å²) in [6, 6.07) is 8.43. The molecule has 3 heterocycles. The third kappa shape index (κ3) is 6.01. The highest BCUT2D eigenvalue weighted by molar-refractivity contribution is 7.87. The summed E-state index contributed by atoms with van der Waals surface area (Å²) in [5.74, 6) is 0.697. The lowest BCUT2D eigenvalue weighted by Gasteiger charge is -2.34. The molecule has 5 rings (SSSR count). The van der Waals surface area contributed by atoms with E-state index in [1.165, 1.54) is 29.5 Å². The van der Waals surface area contributed by atoms with Crippen molar-refractivity contribution in [2.45, 2.75) is 101 Å². The molecule has 4 aliphatic rings. The van der Waals surface area contributed by atoms with Gasteiger partial charge < -0.3 is 9.64 Å².